The monoisotopic (exact) mass is 837 g/mol. The third-order valence-corrected chi connectivity index (χ3v) is 16.5. The Morgan fingerprint density at radius 3 is 2.27 bits per heavy atom. The zero-order valence-corrected chi connectivity index (χ0v) is 36.8. The number of nitrogens with zero attached hydrogens (tertiary/aromatic N) is 1. The molecule has 10 rings (SSSR count). The first kappa shape index (κ1) is 42.7. The summed E-state index contributed by atoms with van der Waals surface area (Å²) in [6, 6.07) is 33.9. The maximum atomic E-state index is 15.6. The van der Waals surface area contributed by atoms with Gasteiger partial charge >= 0.3 is 0 Å². The first-order chi connectivity index (χ1) is 29.9. The van der Waals surface area contributed by atoms with Crippen molar-refractivity contribution in [3.8, 4) is 22.6 Å². The van der Waals surface area contributed by atoms with Crippen molar-refractivity contribution in [2.75, 3.05) is 33.9 Å². The lowest BCUT2D eigenvalue weighted by atomic mass is 9.32. The van der Waals surface area contributed by atoms with E-state index in [2.05, 4.69) is 55.2 Å². The number of rotatable bonds is 15. The molecule has 0 amide bonds. The summed E-state index contributed by atoms with van der Waals surface area (Å²) in [5.41, 5.74) is 2.53. The second-order valence-corrected chi connectivity index (χ2v) is 19.6. The summed E-state index contributed by atoms with van der Waals surface area (Å²) in [4.78, 5) is 17.8. The molecule has 2 spiro atoms. The van der Waals surface area contributed by atoms with Crippen LogP contribution in [0.15, 0.2) is 127 Å². The van der Waals surface area contributed by atoms with Gasteiger partial charge < -0.3 is 29.5 Å². The number of fused-ring (bicyclic) bond motifs is 1. The van der Waals surface area contributed by atoms with Gasteiger partial charge in [0, 0.05) is 58.6 Å². The van der Waals surface area contributed by atoms with Gasteiger partial charge in [-0.05, 0) is 85.0 Å². The lowest BCUT2D eigenvalue weighted by Crippen LogP contribution is -2.67. The number of ketones is 1. The van der Waals surface area contributed by atoms with E-state index in [1.54, 1.807) is 14.2 Å². The Bertz CT molecular complexity index is 2330. The molecule has 4 aromatic carbocycles. The molecule has 9 atom stereocenters. The molecule has 9 unspecified atom stereocenters. The Kier molecular flexibility index (Phi) is 11.4. The number of Topliss-reactive ketones (excluding diaryl/α,β-unsaturated/α-hetero) is 1. The average Bonchev–Trinajstić information content (AvgIpc) is 3.56. The smallest absolute Gasteiger partial charge is 0.190 e. The highest BCUT2D eigenvalue weighted by Gasteiger charge is 2.74. The zero-order chi connectivity index (χ0) is 43.3. The number of aliphatic hydroxyl groups excluding tert-OH is 2. The minimum Gasteiger partial charge on any atom is -0.497 e. The Labute approximate surface area is 367 Å². The summed E-state index contributed by atoms with van der Waals surface area (Å²) in [6.07, 6.45) is 11.1. The number of aliphatic hydroxyl groups is 3. The maximum Gasteiger partial charge on any atom is 0.190 e. The molecule has 0 aromatic heterocycles. The molecule has 62 heavy (non-hydrogen) atoms. The molecule has 6 aliphatic carbocycles. The van der Waals surface area contributed by atoms with Crippen LogP contribution in [0.25, 0.3) is 11.1 Å². The van der Waals surface area contributed by atoms with Crippen LogP contribution in [0.4, 0.5) is 0 Å². The van der Waals surface area contributed by atoms with Gasteiger partial charge in [0.25, 0.3) is 0 Å². The highest BCUT2D eigenvalue weighted by atomic mass is 16.5. The van der Waals surface area contributed by atoms with Gasteiger partial charge in [0.2, 0.25) is 0 Å². The molecule has 0 radical (unpaired) electrons. The van der Waals surface area contributed by atoms with Crippen molar-refractivity contribution in [3.05, 3.63) is 144 Å². The molecule has 326 valence electrons. The molecule has 6 aliphatic rings. The largest absolute Gasteiger partial charge is 0.497 e. The predicted molar refractivity (Wildman–Crippen MR) is 242 cm³/mol. The summed E-state index contributed by atoms with van der Waals surface area (Å²) < 4.78 is 17.4. The van der Waals surface area contributed by atoms with Gasteiger partial charge in [-0.15, -0.1) is 0 Å². The van der Waals surface area contributed by atoms with E-state index >= 15 is 4.79 Å². The van der Waals surface area contributed by atoms with Gasteiger partial charge in [-0.3, -0.25) is 9.69 Å². The van der Waals surface area contributed by atoms with E-state index in [0.29, 0.717) is 49.6 Å². The number of ether oxygens (including phenoxy) is 3. The van der Waals surface area contributed by atoms with Gasteiger partial charge in [-0.25, -0.2) is 0 Å². The molecule has 2 bridgehead atoms. The van der Waals surface area contributed by atoms with Crippen molar-refractivity contribution < 1.29 is 34.3 Å². The van der Waals surface area contributed by atoms with Crippen LogP contribution in [0.3, 0.4) is 0 Å². The molecular formula is C54H63NO7. The fourth-order valence-corrected chi connectivity index (χ4v) is 13.3. The Balaban J connectivity index is 1.08. The van der Waals surface area contributed by atoms with E-state index in [4.69, 9.17) is 14.2 Å². The molecule has 8 nitrogen and oxygen atoms in total. The molecule has 3 fully saturated rings. The first-order valence-electron chi connectivity index (χ1n) is 22.6. The van der Waals surface area contributed by atoms with Crippen LogP contribution in [0.2, 0.25) is 0 Å². The second-order valence-electron chi connectivity index (χ2n) is 19.6. The lowest BCUT2D eigenvalue weighted by molar-refractivity contribution is -0.177. The van der Waals surface area contributed by atoms with E-state index in [1.165, 1.54) is 0 Å². The van der Waals surface area contributed by atoms with Crippen molar-refractivity contribution in [3.63, 3.8) is 0 Å². The van der Waals surface area contributed by atoms with Crippen molar-refractivity contribution in [2.45, 2.75) is 89.8 Å². The van der Waals surface area contributed by atoms with Gasteiger partial charge in [-0.2, -0.15) is 0 Å². The minimum absolute atomic E-state index is 0.0208. The van der Waals surface area contributed by atoms with Crippen LogP contribution < -0.4 is 9.47 Å². The van der Waals surface area contributed by atoms with E-state index < -0.39 is 34.1 Å². The highest BCUT2D eigenvalue weighted by molar-refractivity contribution is 6.14. The number of hydrogen-bond donors (Lipinski definition) is 3. The van der Waals surface area contributed by atoms with Crippen LogP contribution in [0.1, 0.15) is 80.3 Å². The highest BCUT2D eigenvalue weighted by Crippen LogP contribution is 2.78. The van der Waals surface area contributed by atoms with Gasteiger partial charge in [-0.1, -0.05) is 123 Å². The zero-order valence-electron chi connectivity index (χ0n) is 36.8. The van der Waals surface area contributed by atoms with E-state index in [9.17, 15) is 15.3 Å². The topological polar surface area (TPSA) is 109 Å². The minimum atomic E-state index is -1.14. The van der Waals surface area contributed by atoms with E-state index in [1.807, 2.05) is 84.9 Å². The Morgan fingerprint density at radius 1 is 0.823 bits per heavy atom. The summed E-state index contributed by atoms with van der Waals surface area (Å²) in [7, 11) is 3.28. The third kappa shape index (κ3) is 6.98. The standard InChI is InChI=1S/C54H63NO7/c1-50-24-21-40(56)30-52(50)27-28-54(45(31-52)49(58)44-18-12-11-17-43(44)38-15-9-6-10-16-38)47(50)22-25-51(2)48(54)23-26-53(51,59)36-55(32-39-19-20-42(60-3)29-46(39)61-4)33-41(57)35-62-34-37-13-7-5-8-14-37/h5-20,27-29,31,40-41,47-48,56-57,59H,21-26,30,32-36H2,1-4H3. The number of carbonyl (C=O) groups is 1. The van der Waals surface area contributed by atoms with Gasteiger partial charge in [0.05, 0.1) is 45.2 Å². The maximum absolute atomic E-state index is 15.6. The molecule has 0 heterocycles. The summed E-state index contributed by atoms with van der Waals surface area (Å²) in [6.45, 7) is 6.28. The van der Waals surface area contributed by atoms with Crippen LogP contribution >= 0.6 is 0 Å². The van der Waals surface area contributed by atoms with Crippen LogP contribution in [-0.4, -0.2) is 77.7 Å². The first-order valence-corrected chi connectivity index (χ1v) is 22.6. The Hall–Kier alpha value is -4.57. The van der Waals surface area contributed by atoms with Crippen LogP contribution in [0.5, 0.6) is 11.5 Å². The molecule has 0 aliphatic heterocycles. The van der Waals surface area contributed by atoms with E-state index in [-0.39, 0.29) is 36.2 Å². The second kappa shape index (κ2) is 16.5. The number of benzene rings is 4. The molecule has 8 heteroatoms. The molecular weight excluding hydrogens is 775 g/mol. The van der Waals surface area contributed by atoms with Gasteiger partial charge in [0.1, 0.15) is 11.5 Å². The fraction of sp³-hybridized carbons (Fsp3) is 0.463. The summed E-state index contributed by atoms with van der Waals surface area (Å²) in [5.74, 6) is 1.57. The number of carbonyl (C=O) groups excluding carboxylic acids is 1. The van der Waals surface area contributed by atoms with E-state index in [0.717, 1.165) is 59.9 Å². The van der Waals surface area contributed by atoms with Crippen molar-refractivity contribution in [1.29, 1.82) is 0 Å². The summed E-state index contributed by atoms with van der Waals surface area (Å²) >= 11 is 0. The fourth-order valence-electron chi connectivity index (χ4n) is 13.3. The Morgan fingerprint density at radius 2 is 1.52 bits per heavy atom. The van der Waals surface area contributed by atoms with Gasteiger partial charge in [0.15, 0.2) is 5.78 Å². The molecule has 3 N–H and O–H groups in total. The predicted octanol–water partition coefficient (Wildman–Crippen LogP) is 9.22. The lowest BCUT2D eigenvalue weighted by Gasteiger charge is -2.71. The number of allylic oxidation sites excluding steroid dienone is 4. The average molecular weight is 838 g/mol. The molecule has 4 aromatic rings. The van der Waals surface area contributed by atoms with Crippen molar-refractivity contribution >= 4 is 5.78 Å². The number of hydrogen-bond acceptors (Lipinski definition) is 8. The van der Waals surface area contributed by atoms with Crippen LogP contribution in [0, 0.1) is 33.5 Å². The normalized spacial score (nSPS) is 32.4. The quantitative estimate of drug-likeness (QED) is 0.0804. The van der Waals surface area contributed by atoms with Crippen LogP contribution in [-0.2, 0) is 17.9 Å². The summed E-state index contributed by atoms with van der Waals surface area (Å²) in [5, 5.41) is 36.3. The number of methoxy groups -OCH3 is 2. The van der Waals surface area contributed by atoms with Crippen molar-refractivity contribution in [2.24, 2.45) is 33.5 Å². The molecule has 3 saturated carbocycles. The van der Waals surface area contributed by atoms with Crippen molar-refractivity contribution in [1.82, 2.24) is 4.90 Å². The molecule has 0 saturated heterocycles. The third-order valence-electron chi connectivity index (χ3n) is 16.5. The SMILES string of the molecule is COc1ccc(CN(CC(O)COCc2ccccc2)CC2(O)CCC3C45C=CC6(C=C4C(=O)c4ccccc4-c4ccccc4)CC(O)CCC6(C)C5CCC32C)c(OC)c1.